The lowest BCUT2D eigenvalue weighted by molar-refractivity contribution is 0.224. The second kappa shape index (κ2) is 5.76. The van der Waals surface area contributed by atoms with Crippen LogP contribution >= 0.6 is 0 Å². The van der Waals surface area contributed by atoms with E-state index in [4.69, 9.17) is 4.42 Å². The third-order valence-corrected chi connectivity index (χ3v) is 4.88. The van der Waals surface area contributed by atoms with Crippen LogP contribution in [0, 0.1) is 6.92 Å². The highest BCUT2D eigenvalue weighted by Crippen LogP contribution is 2.37. The Hall–Kier alpha value is -2.55. The fourth-order valence-electron chi connectivity index (χ4n) is 3.40. The smallest absolute Gasteiger partial charge is 0.230 e. The van der Waals surface area contributed by atoms with Crippen molar-refractivity contribution in [1.82, 2.24) is 34.6 Å². The molecule has 0 radical (unpaired) electrons. The van der Waals surface area contributed by atoms with Gasteiger partial charge in [0.05, 0.1) is 12.9 Å². The molecule has 1 aliphatic carbocycles. The maximum Gasteiger partial charge on any atom is 0.230 e. The number of anilines is 1. The Morgan fingerprint density at radius 1 is 1.08 bits per heavy atom. The van der Waals surface area contributed by atoms with Crippen LogP contribution in [0.3, 0.4) is 0 Å². The maximum atomic E-state index is 5.48. The van der Waals surface area contributed by atoms with Crippen molar-refractivity contribution in [3.63, 3.8) is 0 Å². The fourth-order valence-corrected chi connectivity index (χ4v) is 3.40. The van der Waals surface area contributed by atoms with Crippen LogP contribution in [0.2, 0.25) is 0 Å². The molecule has 0 amide bonds. The van der Waals surface area contributed by atoms with E-state index in [1.807, 2.05) is 13.3 Å². The predicted octanol–water partition coefficient (Wildman–Crippen LogP) is 1.17. The molecule has 1 aliphatic heterocycles. The van der Waals surface area contributed by atoms with Gasteiger partial charge in [-0.2, -0.15) is 0 Å². The van der Waals surface area contributed by atoms with E-state index in [1.54, 1.807) is 6.33 Å². The molecule has 130 valence electrons. The molecular weight excluding hydrogens is 320 g/mol. The molecule has 0 unspecified atom stereocenters. The highest BCUT2D eigenvalue weighted by atomic mass is 16.4. The molecule has 0 aromatic carbocycles. The molecule has 0 atom stereocenters. The summed E-state index contributed by atoms with van der Waals surface area (Å²) >= 11 is 0. The molecule has 2 aliphatic rings. The van der Waals surface area contributed by atoms with Gasteiger partial charge in [0.2, 0.25) is 11.8 Å². The average molecular weight is 340 g/mol. The maximum absolute atomic E-state index is 5.48. The molecule has 9 nitrogen and oxygen atoms in total. The van der Waals surface area contributed by atoms with Gasteiger partial charge in [-0.1, -0.05) is 0 Å². The van der Waals surface area contributed by atoms with E-state index in [2.05, 4.69) is 39.5 Å². The SMILES string of the molecule is Cc1nnc(CN2CCN(c3ncnc4c3ncn4C3CC3)CC2)o1. The molecule has 25 heavy (non-hydrogen) atoms. The largest absolute Gasteiger partial charge is 0.424 e. The topological polar surface area (TPSA) is 89.0 Å². The summed E-state index contributed by atoms with van der Waals surface area (Å²) in [4.78, 5) is 18.2. The molecule has 4 heterocycles. The van der Waals surface area contributed by atoms with Gasteiger partial charge in [-0.25, -0.2) is 15.0 Å². The van der Waals surface area contributed by atoms with Gasteiger partial charge in [-0.3, -0.25) is 4.90 Å². The number of hydrogen-bond acceptors (Lipinski definition) is 8. The first-order chi connectivity index (χ1) is 12.3. The van der Waals surface area contributed by atoms with Crippen LogP contribution in [0.5, 0.6) is 0 Å². The summed E-state index contributed by atoms with van der Waals surface area (Å²) in [6.45, 7) is 6.16. The standard InChI is InChI=1S/C16H20N8O/c1-11-20-21-13(25-11)8-22-4-6-23(7-5-22)15-14-16(18-9-17-15)24(10-19-14)12-2-3-12/h9-10,12H,2-8H2,1H3. The molecule has 0 N–H and O–H groups in total. The first-order valence-electron chi connectivity index (χ1n) is 8.72. The van der Waals surface area contributed by atoms with E-state index < -0.39 is 0 Å². The molecule has 1 saturated heterocycles. The normalized spacial score (nSPS) is 19.0. The molecule has 0 spiro atoms. The van der Waals surface area contributed by atoms with Gasteiger partial charge in [0.1, 0.15) is 6.33 Å². The molecule has 3 aromatic rings. The third-order valence-electron chi connectivity index (χ3n) is 4.88. The summed E-state index contributed by atoms with van der Waals surface area (Å²) in [7, 11) is 0. The van der Waals surface area contributed by atoms with Crippen LogP contribution in [-0.2, 0) is 6.54 Å². The zero-order valence-corrected chi connectivity index (χ0v) is 14.2. The Balaban J connectivity index is 1.31. The van der Waals surface area contributed by atoms with Crippen LogP contribution in [0.15, 0.2) is 17.1 Å². The van der Waals surface area contributed by atoms with Crippen molar-refractivity contribution in [2.45, 2.75) is 32.4 Å². The fraction of sp³-hybridized carbons (Fsp3) is 0.562. The van der Waals surface area contributed by atoms with Crippen molar-refractivity contribution in [3.05, 3.63) is 24.4 Å². The minimum atomic E-state index is 0.572. The Morgan fingerprint density at radius 3 is 2.64 bits per heavy atom. The summed E-state index contributed by atoms with van der Waals surface area (Å²) in [5.41, 5.74) is 1.87. The lowest BCUT2D eigenvalue weighted by atomic mass is 10.3. The predicted molar refractivity (Wildman–Crippen MR) is 90.1 cm³/mol. The number of hydrogen-bond donors (Lipinski definition) is 0. The van der Waals surface area contributed by atoms with E-state index in [0.717, 1.165) is 43.2 Å². The number of aryl methyl sites for hydroxylation is 1. The zero-order valence-electron chi connectivity index (χ0n) is 14.2. The summed E-state index contributed by atoms with van der Waals surface area (Å²) < 4.78 is 7.66. The first-order valence-corrected chi connectivity index (χ1v) is 8.72. The quantitative estimate of drug-likeness (QED) is 0.699. The van der Waals surface area contributed by atoms with Gasteiger partial charge in [0, 0.05) is 39.1 Å². The van der Waals surface area contributed by atoms with Gasteiger partial charge < -0.3 is 13.9 Å². The van der Waals surface area contributed by atoms with Gasteiger partial charge in [-0.05, 0) is 12.8 Å². The number of piperazine rings is 1. The molecule has 5 rings (SSSR count). The minimum Gasteiger partial charge on any atom is -0.424 e. The van der Waals surface area contributed by atoms with Crippen LogP contribution in [0.25, 0.3) is 11.2 Å². The van der Waals surface area contributed by atoms with E-state index >= 15 is 0 Å². The van der Waals surface area contributed by atoms with Crippen LogP contribution < -0.4 is 4.90 Å². The van der Waals surface area contributed by atoms with Crippen molar-refractivity contribution in [1.29, 1.82) is 0 Å². The number of fused-ring (bicyclic) bond motifs is 1. The van der Waals surface area contributed by atoms with Gasteiger partial charge in [0.15, 0.2) is 17.0 Å². The van der Waals surface area contributed by atoms with Crippen molar-refractivity contribution >= 4 is 17.0 Å². The number of nitrogens with zero attached hydrogens (tertiary/aromatic N) is 8. The van der Waals surface area contributed by atoms with Crippen molar-refractivity contribution in [2.75, 3.05) is 31.1 Å². The molecule has 3 aromatic heterocycles. The second-order valence-electron chi connectivity index (χ2n) is 6.73. The highest BCUT2D eigenvalue weighted by Gasteiger charge is 2.28. The van der Waals surface area contributed by atoms with E-state index in [1.165, 1.54) is 12.8 Å². The van der Waals surface area contributed by atoms with E-state index in [9.17, 15) is 0 Å². The van der Waals surface area contributed by atoms with Crippen LogP contribution in [0.1, 0.15) is 30.7 Å². The number of imidazole rings is 1. The lowest BCUT2D eigenvalue weighted by Gasteiger charge is -2.34. The Kier molecular flexibility index (Phi) is 3.40. The summed E-state index contributed by atoms with van der Waals surface area (Å²) in [5.74, 6) is 2.24. The molecule has 9 heteroatoms. The van der Waals surface area contributed by atoms with Crippen molar-refractivity contribution < 1.29 is 4.42 Å². The second-order valence-corrected chi connectivity index (χ2v) is 6.73. The Morgan fingerprint density at radius 2 is 1.92 bits per heavy atom. The Labute approximate surface area is 144 Å². The summed E-state index contributed by atoms with van der Waals surface area (Å²) in [6.07, 6.45) is 6.01. The highest BCUT2D eigenvalue weighted by molar-refractivity contribution is 5.83. The zero-order chi connectivity index (χ0) is 16.8. The summed E-state index contributed by atoms with van der Waals surface area (Å²) in [6, 6.07) is 0.572. The lowest BCUT2D eigenvalue weighted by Crippen LogP contribution is -2.46. The number of rotatable bonds is 4. The van der Waals surface area contributed by atoms with Gasteiger partial charge >= 0.3 is 0 Å². The third kappa shape index (κ3) is 2.74. The van der Waals surface area contributed by atoms with Crippen molar-refractivity contribution in [2.24, 2.45) is 0 Å². The molecule has 0 bridgehead atoms. The van der Waals surface area contributed by atoms with Crippen LogP contribution in [-0.4, -0.2) is 60.8 Å². The molecule has 2 fully saturated rings. The minimum absolute atomic E-state index is 0.572. The van der Waals surface area contributed by atoms with Gasteiger partial charge in [0.25, 0.3) is 0 Å². The summed E-state index contributed by atoms with van der Waals surface area (Å²) in [5, 5.41) is 7.97. The monoisotopic (exact) mass is 340 g/mol. The van der Waals surface area contributed by atoms with Gasteiger partial charge in [-0.15, -0.1) is 10.2 Å². The Bertz CT molecular complexity index is 891. The van der Waals surface area contributed by atoms with E-state index in [0.29, 0.717) is 24.4 Å². The van der Waals surface area contributed by atoms with E-state index in [-0.39, 0.29) is 0 Å². The number of aromatic nitrogens is 6. The average Bonchev–Trinajstić information content (AvgIpc) is 3.25. The van der Waals surface area contributed by atoms with Crippen molar-refractivity contribution in [3.8, 4) is 0 Å². The molecule has 1 saturated carbocycles. The molecular formula is C16H20N8O. The first kappa shape index (κ1) is 14.8. The van der Waals surface area contributed by atoms with Crippen LogP contribution in [0.4, 0.5) is 5.82 Å².